The van der Waals surface area contributed by atoms with Crippen molar-refractivity contribution in [2.24, 2.45) is 0 Å². The number of halogens is 1. The van der Waals surface area contributed by atoms with Crippen LogP contribution in [-0.2, 0) is 10.1 Å². The smallest absolute Gasteiger partial charge is 0.743 e. The molecule has 60 valence electrons. The second-order valence-corrected chi connectivity index (χ2v) is 3.47. The third-order valence-corrected chi connectivity index (χ3v) is 1.90. The number of aromatic nitrogens is 1. The summed E-state index contributed by atoms with van der Waals surface area (Å²) in [6.45, 7) is 0. The topological polar surface area (TPSA) is 70.1 Å². The first-order chi connectivity index (χ1) is 5.00. The van der Waals surface area contributed by atoms with E-state index in [0.29, 0.717) is 0 Å². The number of rotatable bonds is 1. The van der Waals surface area contributed by atoms with Gasteiger partial charge in [0.15, 0.2) is 0 Å². The van der Waals surface area contributed by atoms with Gasteiger partial charge in [-0.2, -0.15) is 0 Å². The number of hydrogen-bond donors (Lipinski definition) is 0. The molecule has 0 radical (unpaired) electrons. The van der Waals surface area contributed by atoms with Crippen LogP contribution in [0.4, 0.5) is 0 Å². The van der Waals surface area contributed by atoms with Gasteiger partial charge < -0.3 is 4.55 Å². The first-order valence-corrected chi connectivity index (χ1v) is 4.37. The zero-order chi connectivity index (χ0) is 8.48. The fourth-order valence-corrected chi connectivity index (χ4v) is 1.20. The minimum atomic E-state index is -4.47. The summed E-state index contributed by atoms with van der Waals surface area (Å²) >= 11 is 5.34. The molecule has 0 saturated heterocycles. The minimum absolute atomic E-state index is 0. The average Bonchev–Trinajstić information content (AvgIpc) is 1.86. The molecule has 1 rings (SSSR count). The van der Waals surface area contributed by atoms with Crippen molar-refractivity contribution in [3.05, 3.63) is 23.4 Å². The summed E-state index contributed by atoms with van der Waals surface area (Å²) in [6.07, 6.45) is 0. The van der Waals surface area contributed by atoms with Gasteiger partial charge in [0.05, 0.1) is 0 Å². The van der Waals surface area contributed by atoms with Gasteiger partial charge in [-0.3, -0.25) is 0 Å². The Morgan fingerprint density at radius 1 is 1.42 bits per heavy atom. The summed E-state index contributed by atoms with van der Waals surface area (Å²) in [6, 6.07) is 3.82. The van der Waals surface area contributed by atoms with Crippen LogP contribution in [0.25, 0.3) is 0 Å². The predicted octanol–water partition coefficient (Wildman–Crippen LogP) is -2.36. The summed E-state index contributed by atoms with van der Waals surface area (Å²) in [7, 11) is -4.47. The van der Waals surface area contributed by atoms with Gasteiger partial charge in [0.25, 0.3) is 0 Å². The first-order valence-electron chi connectivity index (χ1n) is 2.58. The maximum atomic E-state index is 10.3. The van der Waals surface area contributed by atoms with E-state index in [0.717, 1.165) is 6.07 Å². The number of nitrogens with zero attached hydrogens (tertiary/aromatic N) is 1. The van der Waals surface area contributed by atoms with Crippen LogP contribution in [0.2, 0.25) is 5.15 Å². The van der Waals surface area contributed by atoms with Crippen LogP contribution in [0.15, 0.2) is 23.2 Å². The monoisotopic (exact) mass is 231 g/mol. The summed E-state index contributed by atoms with van der Waals surface area (Å²) in [5, 5.41) is -0.563. The molecular weight excluding hydrogens is 229 g/mol. The number of pyridine rings is 1. The Bertz CT molecular complexity index is 367. The molecule has 0 unspecified atom stereocenters. The van der Waals surface area contributed by atoms with Gasteiger partial charge in [0, 0.05) is 0 Å². The van der Waals surface area contributed by atoms with Crippen molar-refractivity contribution in [2.45, 2.75) is 5.03 Å². The summed E-state index contributed by atoms with van der Waals surface area (Å²) in [5.41, 5.74) is 0. The van der Waals surface area contributed by atoms with E-state index in [2.05, 4.69) is 4.98 Å². The Kier molecular flexibility index (Phi) is 5.43. The van der Waals surface area contributed by atoms with Crippen molar-refractivity contribution in [1.82, 2.24) is 4.98 Å². The molecule has 12 heavy (non-hydrogen) atoms. The van der Waals surface area contributed by atoms with Crippen molar-refractivity contribution in [1.29, 1.82) is 0 Å². The van der Waals surface area contributed by atoms with Crippen molar-refractivity contribution in [3.63, 3.8) is 0 Å². The van der Waals surface area contributed by atoms with Crippen LogP contribution in [0.3, 0.4) is 0 Å². The molecule has 0 spiro atoms. The van der Waals surface area contributed by atoms with Gasteiger partial charge in [-0.1, -0.05) is 17.7 Å². The Labute approximate surface area is 118 Å². The van der Waals surface area contributed by atoms with E-state index in [1.165, 1.54) is 12.1 Å². The fraction of sp³-hybridized carbons (Fsp3) is 0. The number of hydrogen-bond acceptors (Lipinski definition) is 4. The second kappa shape index (κ2) is 5.01. The quantitative estimate of drug-likeness (QED) is 0.308. The van der Waals surface area contributed by atoms with E-state index in [4.69, 9.17) is 11.6 Å². The third kappa shape index (κ3) is 3.80. The Morgan fingerprint density at radius 2 is 2.00 bits per heavy atom. The maximum absolute atomic E-state index is 10.3. The van der Waals surface area contributed by atoms with Crippen molar-refractivity contribution in [3.8, 4) is 0 Å². The Morgan fingerprint density at radius 3 is 2.33 bits per heavy atom. The van der Waals surface area contributed by atoms with Gasteiger partial charge in [-0.25, -0.2) is 13.4 Å². The molecule has 0 amide bonds. The van der Waals surface area contributed by atoms with E-state index in [-0.39, 0.29) is 56.5 Å². The van der Waals surface area contributed by atoms with E-state index in [1.807, 2.05) is 0 Å². The molecule has 0 aromatic carbocycles. The van der Waals surface area contributed by atoms with Crippen LogP contribution >= 0.6 is 11.6 Å². The molecule has 1 heterocycles. The van der Waals surface area contributed by atoms with Gasteiger partial charge >= 0.3 is 51.4 Å². The van der Waals surface area contributed by atoms with Crippen LogP contribution in [0.5, 0.6) is 0 Å². The molecule has 7 heteroatoms. The molecule has 0 atom stereocenters. The second-order valence-electron chi connectivity index (χ2n) is 1.75. The molecular formula is C5H3ClKNO3S. The van der Waals surface area contributed by atoms with Gasteiger partial charge in [0.1, 0.15) is 20.3 Å². The SMILES string of the molecule is O=S(=O)([O-])c1cccc(Cl)n1.[K+]. The van der Waals surface area contributed by atoms with E-state index >= 15 is 0 Å². The third-order valence-electron chi connectivity index (χ3n) is 0.946. The molecule has 1 aromatic rings. The first kappa shape index (κ1) is 13.0. The molecule has 4 nitrogen and oxygen atoms in total. The fourth-order valence-electron chi connectivity index (χ4n) is 0.529. The molecule has 0 aliphatic rings. The molecule has 0 bridgehead atoms. The average molecular weight is 232 g/mol. The van der Waals surface area contributed by atoms with E-state index < -0.39 is 15.1 Å². The maximum Gasteiger partial charge on any atom is 1.00 e. The summed E-state index contributed by atoms with van der Waals surface area (Å²) in [5.74, 6) is 0. The normalized spacial score (nSPS) is 10.5. The van der Waals surface area contributed by atoms with Gasteiger partial charge in [-0.05, 0) is 12.1 Å². The van der Waals surface area contributed by atoms with Crippen LogP contribution in [-0.4, -0.2) is 18.0 Å². The van der Waals surface area contributed by atoms with Gasteiger partial charge in [-0.15, -0.1) is 0 Å². The summed E-state index contributed by atoms with van der Waals surface area (Å²) in [4.78, 5) is 3.31. The predicted molar refractivity (Wildman–Crippen MR) is 37.2 cm³/mol. The van der Waals surface area contributed by atoms with E-state index in [1.54, 1.807) is 0 Å². The van der Waals surface area contributed by atoms with Crippen molar-refractivity contribution >= 4 is 21.7 Å². The Hall–Kier alpha value is 0.986. The van der Waals surface area contributed by atoms with Crippen molar-refractivity contribution in [2.75, 3.05) is 0 Å². The van der Waals surface area contributed by atoms with Crippen LogP contribution < -0.4 is 51.4 Å². The largest absolute Gasteiger partial charge is 1.00 e. The summed E-state index contributed by atoms with van der Waals surface area (Å²) < 4.78 is 30.9. The van der Waals surface area contributed by atoms with E-state index in [9.17, 15) is 13.0 Å². The standard InChI is InChI=1S/C5H4ClNO3S.K/c6-4-2-1-3-5(7-4)11(8,9)10;/h1-3H,(H,8,9,10);/q;+1/p-1. The zero-order valence-corrected chi connectivity index (χ0v) is 10.9. The van der Waals surface area contributed by atoms with Gasteiger partial charge in [0.2, 0.25) is 0 Å². The molecule has 1 aromatic heterocycles. The Balaban J connectivity index is 0.00000121. The van der Waals surface area contributed by atoms with Crippen LogP contribution in [0, 0.1) is 0 Å². The molecule has 0 aliphatic heterocycles. The molecule has 0 fully saturated rings. The van der Waals surface area contributed by atoms with Crippen LogP contribution in [0.1, 0.15) is 0 Å². The molecule has 0 saturated carbocycles. The molecule has 0 N–H and O–H groups in total. The zero-order valence-electron chi connectivity index (χ0n) is 6.19. The molecule has 0 aliphatic carbocycles. The minimum Gasteiger partial charge on any atom is -0.743 e. The van der Waals surface area contributed by atoms with Crippen molar-refractivity contribution < 1.29 is 64.4 Å².